The number of nitrogens with two attached hydrogens (primary N) is 1. The number of rotatable bonds is 9. The first-order chi connectivity index (χ1) is 17.8. The molecule has 1 aliphatic heterocycles. The summed E-state index contributed by atoms with van der Waals surface area (Å²) >= 11 is 1.90. The Bertz CT molecular complexity index is 1350. The SMILES string of the molecule is COc1ccc(C(=O)Nc2ccc(F)c([C@@]3(C)N=C(N)N(C)S(=O)(=O)[C@@]3(I)CCN(C)CC3CC3)c2)nc1. The minimum absolute atomic E-state index is 0.0110. The predicted octanol–water partition coefficient (Wildman–Crippen LogP) is 3.15. The Morgan fingerprint density at radius 3 is 2.66 bits per heavy atom. The number of aromatic nitrogens is 1. The number of hydrogen-bond acceptors (Lipinski definition) is 8. The summed E-state index contributed by atoms with van der Waals surface area (Å²) in [5, 5.41) is 2.71. The Balaban J connectivity index is 1.71. The number of aliphatic imine (C=N–C) groups is 1. The third kappa shape index (κ3) is 5.19. The molecule has 1 aliphatic carbocycles. The highest BCUT2D eigenvalue weighted by atomic mass is 127. The van der Waals surface area contributed by atoms with E-state index in [9.17, 15) is 13.2 Å². The van der Waals surface area contributed by atoms with Gasteiger partial charge in [-0.3, -0.25) is 4.79 Å². The molecule has 1 aromatic heterocycles. The zero-order valence-corrected chi connectivity index (χ0v) is 24.7. The van der Waals surface area contributed by atoms with E-state index in [2.05, 4.69) is 20.2 Å². The monoisotopic (exact) mass is 658 g/mol. The average Bonchev–Trinajstić information content (AvgIpc) is 3.70. The number of alkyl halides is 1. The van der Waals surface area contributed by atoms with Crippen LogP contribution in [0.4, 0.5) is 10.1 Å². The van der Waals surface area contributed by atoms with Gasteiger partial charge in [-0.15, -0.1) is 0 Å². The van der Waals surface area contributed by atoms with Crippen molar-refractivity contribution in [2.75, 3.05) is 39.6 Å². The highest BCUT2D eigenvalue weighted by Gasteiger charge is 2.62. The lowest BCUT2D eigenvalue weighted by Crippen LogP contribution is -2.62. The van der Waals surface area contributed by atoms with E-state index in [1.807, 2.05) is 29.6 Å². The number of ether oxygens (including phenoxy) is 1. The van der Waals surface area contributed by atoms with E-state index in [1.165, 1.54) is 57.5 Å². The zero-order valence-electron chi connectivity index (χ0n) is 21.7. The maximum absolute atomic E-state index is 15.5. The fourth-order valence-electron chi connectivity index (χ4n) is 4.58. The van der Waals surface area contributed by atoms with E-state index >= 15 is 4.39 Å². The third-order valence-electron chi connectivity index (χ3n) is 7.19. The summed E-state index contributed by atoms with van der Waals surface area (Å²) in [5.74, 6) is -0.275. The average molecular weight is 659 g/mol. The summed E-state index contributed by atoms with van der Waals surface area (Å²) in [6.45, 7) is 2.92. The van der Waals surface area contributed by atoms with Crippen molar-refractivity contribution in [1.82, 2.24) is 14.2 Å². The molecule has 206 valence electrons. The highest BCUT2D eigenvalue weighted by molar-refractivity contribution is 14.1. The van der Waals surface area contributed by atoms with Crippen LogP contribution < -0.4 is 15.8 Å². The van der Waals surface area contributed by atoms with Crippen LogP contribution in [0.1, 0.15) is 42.2 Å². The Hall–Kier alpha value is -2.52. The third-order valence-corrected chi connectivity index (χ3v) is 12.8. The van der Waals surface area contributed by atoms with Crippen LogP contribution in [-0.2, 0) is 15.6 Å². The van der Waals surface area contributed by atoms with Gasteiger partial charge in [0.1, 0.15) is 22.8 Å². The second-order valence-electron chi connectivity index (χ2n) is 9.93. The number of carbonyl (C=O) groups is 1. The molecule has 3 N–H and O–H groups in total. The second-order valence-corrected chi connectivity index (χ2v) is 14.7. The Labute approximate surface area is 236 Å². The molecule has 1 fully saturated rings. The number of halogens is 2. The molecule has 2 aliphatic rings. The van der Waals surface area contributed by atoms with Crippen LogP contribution in [0.3, 0.4) is 0 Å². The lowest BCUT2D eigenvalue weighted by Gasteiger charge is -2.47. The van der Waals surface area contributed by atoms with Crippen molar-refractivity contribution in [3.05, 3.63) is 53.6 Å². The van der Waals surface area contributed by atoms with Gasteiger partial charge in [0.25, 0.3) is 15.9 Å². The van der Waals surface area contributed by atoms with Crippen LogP contribution in [0.15, 0.2) is 41.5 Å². The van der Waals surface area contributed by atoms with Gasteiger partial charge in [-0.05, 0) is 69.5 Å². The summed E-state index contributed by atoms with van der Waals surface area (Å²) in [6, 6.07) is 7.10. The van der Waals surface area contributed by atoms with E-state index in [0.717, 1.165) is 10.8 Å². The minimum Gasteiger partial charge on any atom is -0.495 e. The topological polar surface area (TPSA) is 130 Å². The number of hydrogen-bond donors (Lipinski definition) is 2. The van der Waals surface area contributed by atoms with E-state index in [4.69, 9.17) is 10.5 Å². The number of nitrogens with zero attached hydrogens (tertiary/aromatic N) is 4. The molecule has 0 unspecified atom stereocenters. The van der Waals surface area contributed by atoms with Gasteiger partial charge in [0.05, 0.1) is 13.3 Å². The minimum atomic E-state index is -4.06. The molecule has 10 nitrogen and oxygen atoms in total. The quantitative estimate of drug-likeness (QED) is 0.313. The molecular formula is C25H32FIN6O4S. The van der Waals surface area contributed by atoms with Gasteiger partial charge in [0.2, 0.25) is 5.96 Å². The van der Waals surface area contributed by atoms with Crippen molar-refractivity contribution in [1.29, 1.82) is 0 Å². The second kappa shape index (κ2) is 10.6. The van der Waals surface area contributed by atoms with E-state index in [-0.39, 0.29) is 29.3 Å². The van der Waals surface area contributed by atoms with Gasteiger partial charge in [-0.2, -0.15) is 0 Å². The molecular weight excluding hydrogens is 626 g/mol. The van der Waals surface area contributed by atoms with Crippen molar-refractivity contribution >= 4 is 50.2 Å². The number of pyridine rings is 1. The number of nitrogens with one attached hydrogen (secondary N) is 1. The molecule has 2 atom stereocenters. The first-order valence-electron chi connectivity index (χ1n) is 12.1. The van der Waals surface area contributed by atoms with Crippen LogP contribution in [0.25, 0.3) is 0 Å². The van der Waals surface area contributed by atoms with Gasteiger partial charge in [0.15, 0.2) is 2.75 Å². The lowest BCUT2D eigenvalue weighted by atomic mass is 9.86. The summed E-state index contributed by atoms with van der Waals surface area (Å²) in [4.78, 5) is 23.5. The molecule has 1 amide bonds. The standard InChI is InChI=1S/C25H32FIN6O4S/c1-24(19-13-17(7-9-20(19)26)30-22(34)21-10-8-18(37-4)14-29-21)25(27,11-12-32(2)15-16-5-6-16)38(35,36)33(3)23(28)31-24/h7-10,13-14,16H,5-6,11-12,15H2,1-4H3,(H2,28,31)(H,30,34)/t24-,25+/m1/s1. The molecule has 38 heavy (non-hydrogen) atoms. The summed E-state index contributed by atoms with van der Waals surface area (Å²) in [6.07, 6.45) is 3.95. The van der Waals surface area contributed by atoms with Crippen molar-refractivity contribution in [2.45, 2.75) is 34.5 Å². The highest BCUT2D eigenvalue weighted by Crippen LogP contribution is 2.53. The zero-order chi connectivity index (χ0) is 27.9. The van der Waals surface area contributed by atoms with Gasteiger partial charge in [0, 0.05) is 31.4 Å². The fraction of sp³-hybridized carbons (Fsp3) is 0.480. The Morgan fingerprint density at radius 2 is 2.05 bits per heavy atom. The molecule has 1 saturated carbocycles. The number of guanidine groups is 1. The van der Waals surface area contributed by atoms with E-state index < -0.39 is 30.0 Å². The van der Waals surface area contributed by atoms with Gasteiger partial charge in [-0.1, -0.05) is 22.6 Å². The van der Waals surface area contributed by atoms with Gasteiger partial charge < -0.3 is 20.7 Å². The van der Waals surface area contributed by atoms with Crippen LogP contribution >= 0.6 is 22.6 Å². The summed E-state index contributed by atoms with van der Waals surface area (Å²) in [7, 11) is 0.744. The summed E-state index contributed by atoms with van der Waals surface area (Å²) in [5.41, 5.74) is 4.88. The van der Waals surface area contributed by atoms with Crippen LogP contribution in [0, 0.1) is 11.7 Å². The fourth-order valence-corrected chi connectivity index (χ4v) is 7.85. The maximum atomic E-state index is 15.5. The number of anilines is 1. The predicted molar refractivity (Wildman–Crippen MR) is 152 cm³/mol. The van der Waals surface area contributed by atoms with E-state index in [0.29, 0.717) is 18.2 Å². The number of sulfonamides is 1. The normalized spacial score (nSPS) is 24.7. The molecule has 1 aromatic carbocycles. The molecule has 0 bridgehead atoms. The number of benzene rings is 1. The van der Waals surface area contributed by atoms with Crippen LogP contribution in [0.2, 0.25) is 0 Å². The molecule has 2 heterocycles. The number of methoxy groups -OCH3 is 1. The van der Waals surface area contributed by atoms with Crippen molar-refractivity contribution in [3.63, 3.8) is 0 Å². The van der Waals surface area contributed by atoms with Crippen molar-refractivity contribution in [2.24, 2.45) is 16.6 Å². The number of amides is 1. The first-order valence-corrected chi connectivity index (χ1v) is 14.7. The Morgan fingerprint density at radius 1 is 1.34 bits per heavy atom. The molecule has 0 radical (unpaired) electrons. The molecule has 0 spiro atoms. The lowest BCUT2D eigenvalue weighted by molar-refractivity contribution is 0.102. The largest absolute Gasteiger partial charge is 0.495 e. The molecule has 4 rings (SSSR count). The summed E-state index contributed by atoms with van der Waals surface area (Å²) < 4.78 is 47.6. The van der Waals surface area contributed by atoms with E-state index in [1.54, 1.807) is 13.0 Å². The molecule has 0 saturated heterocycles. The smallest absolute Gasteiger partial charge is 0.274 e. The molecule has 13 heteroatoms. The van der Waals surface area contributed by atoms with Crippen molar-refractivity contribution < 1.29 is 22.3 Å². The Kier molecular flexibility index (Phi) is 7.92. The maximum Gasteiger partial charge on any atom is 0.274 e. The number of carbonyl (C=O) groups excluding carboxylic acids is 1. The first kappa shape index (κ1) is 28.5. The van der Waals surface area contributed by atoms with Crippen LogP contribution in [-0.4, -0.2) is 71.5 Å². The van der Waals surface area contributed by atoms with Gasteiger partial charge in [-0.25, -0.2) is 27.1 Å². The molecule has 2 aromatic rings. The van der Waals surface area contributed by atoms with Gasteiger partial charge >= 0.3 is 0 Å². The van der Waals surface area contributed by atoms with Crippen molar-refractivity contribution in [3.8, 4) is 5.75 Å². The van der Waals surface area contributed by atoms with Crippen LogP contribution in [0.5, 0.6) is 5.75 Å².